The van der Waals surface area contributed by atoms with Gasteiger partial charge in [0.05, 0.1) is 26.9 Å². The first-order valence-electron chi connectivity index (χ1n) is 7.42. The summed E-state index contributed by atoms with van der Waals surface area (Å²) in [4.78, 5) is 27.0. The summed E-state index contributed by atoms with van der Waals surface area (Å²) in [6.07, 6.45) is 1.38. The lowest BCUT2D eigenvalue weighted by Crippen LogP contribution is -2.17. The first kappa shape index (κ1) is 17.9. The molecule has 1 N–H and O–H groups in total. The van der Waals surface area contributed by atoms with E-state index in [1.165, 1.54) is 29.1 Å². The van der Waals surface area contributed by atoms with Crippen molar-refractivity contribution in [1.29, 1.82) is 0 Å². The number of nitro groups is 1. The maximum atomic E-state index is 12.6. The summed E-state index contributed by atoms with van der Waals surface area (Å²) in [5.41, 5.74) is 1.52. The number of hydrogen-bond acceptors (Lipinski definition) is 4. The van der Waals surface area contributed by atoms with Crippen molar-refractivity contribution in [2.45, 2.75) is 6.92 Å². The van der Waals surface area contributed by atoms with Crippen LogP contribution in [0.15, 0.2) is 52.3 Å². The molecule has 132 valence electrons. The van der Waals surface area contributed by atoms with Gasteiger partial charge in [-0.25, -0.2) is 4.68 Å². The molecule has 0 amide bonds. The Kier molecular flexibility index (Phi) is 4.92. The average Bonchev–Trinajstić information content (AvgIpc) is 2.89. The van der Waals surface area contributed by atoms with E-state index in [1.54, 1.807) is 31.2 Å². The molecule has 0 atom stereocenters. The summed E-state index contributed by atoms with van der Waals surface area (Å²) in [5, 5.41) is 14.4. The second-order valence-corrected chi connectivity index (χ2v) is 6.26. The number of H-pyrrole nitrogens is 1. The standard InChI is InChI=1S/C17H12Cl2N4O3/c1-10-14(9-20-16-7-6-13(23(25)26)8-15(16)19)17(24)22(21-10)12-4-2-11(18)3-5-12/h2-9,21H,1H3. The van der Waals surface area contributed by atoms with Crippen LogP contribution in [0.5, 0.6) is 0 Å². The Labute approximate surface area is 157 Å². The predicted molar refractivity (Wildman–Crippen MR) is 101 cm³/mol. The number of benzene rings is 2. The van der Waals surface area contributed by atoms with E-state index >= 15 is 0 Å². The van der Waals surface area contributed by atoms with Crippen LogP contribution in [0, 0.1) is 17.0 Å². The molecule has 7 nitrogen and oxygen atoms in total. The number of aromatic amines is 1. The monoisotopic (exact) mass is 390 g/mol. The van der Waals surface area contributed by atoms with E-state index in [0.29, 0.717) is 27.7 Å². The van der Waals surface area contributed by atoms with Gasteiger partial charge in [0.15, 0.2) is 0 Å². The zero-order valence-electron chi connectivity index (χ0n) is 13.4. The van der Waals surface area contributed by atoms with Gasteiger partial charge in [-0.1, -0.05) is 23.2 Å². The molecule has 0 aliphatic rings. The Bertz CT molecular complexity index is 1070. The van der Waals surface area contributed by atoms with Crippen LogP contribution in [0.3, 0.4) is 0 Å². The third kappa shape index (κ3) is 3.54. The average molecular weight is 391 g/mol. The van der Waals surface area contributed by atoms with Crippen LogP contribution in [0.4, 0.5) is 11.4 Å². The van der Waals surface area contributed by atoms with E-state index in [4.69, 9.17) is 23.2 Å². The third-order valence-electron chi connectivity index (χ3n) is 3.68. The molecule has 0 spiro atoms. The van der Waals surface area contributed by atoms with Gasteiger partial charge in [0, 0.05) is 29.1 Å². The van der Waals surface area contributed by atoms with Crippen LogP contribution in [0.25, 0.3) is 5.69 Å². The lowest BCUT2D eigenvalue weighted by atomic mass is 10.2. The minimum Gasteiger partial charge on any atom is -0.295 e. The maximum Gasteiger partial charge on any atom is 0.280 e. The summed E-state index contributed by atoms with van der Waals surface area (Å²) >= 11 is 11.9. The Morgan fingerprint density at radius 2 is 1.88 bits per heavy atom. The van der Waals surface area contributed by atoms with Crippen molar-refractivity contribution in [1.82, 2.24) is 9.78 Å². The largest absolute Gasteiger partial charge is 0.295 e. The second kappa shape index (κ2) is 7.15. The normalized spacial score (nSPS) is 11.2. The van der Waals surface area contributed by atoms with Crippen molar-refractivity contribution in [2.75, 3.05) is 0 Å². The number of aromatic nitrogens is 2. The van der Waals surface area contributed by atoms with Gasteiger partial charge >= 0.3 is 0 Å². The molecular formula is C17H12Cl2N4O3. The molecule has 0 bridgehead atoms. The number of hydrogen-bond donors (Lipinski definition) is 1. The fourth-order valence-electron chi connectivity index (χ4n) is 2.33. The molecule has 9 heteroatoms. The van der Waals surface area contributed by atoms with Crippen molar-refractivity contribution in [2.24, 2.45) is 4.99 Å². The van der Waals surface area contributed by atoms with Gasteiger partial charge in [-0.05, 0) is 37.3 Å². The number of halogens is 2. The van der Waals surface area contributed by atoms with E-state index in [0.717, 1.165) is 0 Å². The highest BCUT2D eigenvalue weighted by atomic mass is 35.5. The van der Waals surface area contributed by atoms with Crippen molar-refractivity contribution < 1.29 is 4.92 Å². The van der Waals surface area contributed by atoms with E-state index in [9.17, 15) is 14.9 Å². The van der Waals surface area contributed by atoms with Gasteiger partial charge in [-0.3, -0.25) is 25.0 Å². The topological polar surface area (TPSA) is 93.3 Å². The molecule has 1 aromatic heterocycles. The number of nitrogens with zero attached hydrogens (tertiary/aromatic N) is 3. The Morgan fingerprint density at radius 1 is 1.19 bits per heavy atom. The van der Waals surface area contributed by atoms with Gasteiger partial charge in [0.2, 0.25) is 0 Å². The molecule has 0 saturated carbocycles. The van der Waals surface area contributed by atoms with Crippen molar-refractivity contribution in [3.05, 3.63) is 84.2 Å². The highest BCUT2D eigenvalue weighted by Crippen LogP contribution is 2.28. The fraction of sp³-hybridized carbons (Fsp3) is 0.0588. The Morgan fingerprint density at radius 3 is 2.50 bits per heavy atom. The zero-order valence-corrected chi connectivity index (χ0v) is 15.0. The molecule has 3 rings (SSSR count). The first-order valence-corrected chi connectivity index (χ1v) is 8.18. The molecule has 1 heterocycles. The molecule has 0 aliphatic heterocycles. The van der Waals surface area contributed by atoms with Gasteiger partial charge < -0.3 is 0 Å². The van der Waals surface area contributed by atoms with Crippen LogP contribution in [-0.4, -0.2) is 20.9 Å². The smallest absolute Gasteiger partial charge is 0.280 e. The quantitative estimate of drug-likeness (QED) is 0.405. The lowest BCUT2D eigenvalue weighted by Gasteiger charge is -2.00. The predicted octanol–water partition coefficient (Wildman–Crippen LogP) is 4.44. The summed E-state index contributed by atoms with van der Waals surface area (Å²) in [7, 11) is 0. The van der Waals surface area contributed by atoms with E-state index in [2.05, 4.69) is 10.1 Å². The van der Waals surface area contributed by atoms with Crippen LogP contribution in [0.1, 0.15) is 11.3 Å². The van der Waals surface area contributed by atoms with E-state index in [-0.39, 0.29) is 16.3 Å². The number of nitro benzene ring substituents is 1. The molecule has 0 aliphatic carbocycles. The fourth-order valence-corrected chi connectivity index (χ4v) is 2.68. The molecule has 0 radical (unpaired) electrons. The van der Waals surface area contributed by atoms with Crippen LogP contribution in [-0.2, 0) is 0 Å². The SMILES string of the molecule is Cc1[nH]n(-c2ccc(Cl)cc2)c(=O)c1C=Nc1ccc([N+](=O)[O-])cc1Cl. The van der Waals surface area contributed by atoms with Crippen LogP contribution in [0.2, 0.25) is 10.0 Å². The summed E-state index contributed by atoms with van der Waals surface area (Å²) in [6.45, 7) is 1.74. The summed E-state index contributed by atoms with van der Waals surface area (Å²) in [6, 6.07) is 10.7. The zero-order chi connectivity index (χ0) is 18.8. The molecule has 3 aromatic rings. The maximum absolute atomic E-state index is 12.6. The molecular weight excluding hydrogens is 379 g/mol. The number of aliphatic imine (C=N–C) groups is 1. The number of nitrogens with one attached hydrogen (secondary N) is 1. The highest BCUT2D eigenvalue weighted by molar-refractivity contribution is 6.33. The highest BCUT2D eigenvalue weighted by Gasteiger charge is 2.12. The summed E-state index contributed by atoms with van der Waals surface area (Å²) < 4.78 is 1.38. The Balaban J connectivity index is 1.96. The molecule has 0 saturated heterocycles. The van der Waals surface area contributed by atoms with Crippen molar-refractivity contribution in [3.63, 3.8) is 0 Å². The minimum absolute atomic E-state index is 0.127. The third-order valence-corrected chi connectivity index (χ3v) is 4.23. The van der Waals surface area contributed by atoms with Crippen molar-refractivity contribution in [3.8, 4) is 5.69 Å². The number of aryl methyl sites for hydroxylation is 1. The van der Waals surface area contributed by atoms with Gasteiger partial charge in [-0.15, -0.1) is 0 Å². The Hall–Kier alpha value is -2.90. The lowest BCUT2D eigenvalue weighted by molar-refractivity contribution is -0.384. The van der Waals surface area contributed by atoms with Gasteiger partial charge in [-0.2, -0.15) is 0 Å². The van der Waals surface area contributed by atoms with Gasteiger partial charge in [0.1, 0.15) is 0 Å². The van der Waals surface area contributed by atoms with Crippen LogP contribution >= 0.6 is 23.2 Å². The molecule has 2 aromatic carbocycles. The van der Waals surface area contributed by atoms with Gasteiger partial charge in [0.25, 0.3) is 11.2 Å². The van der Waals surface area contributed by atoms with Crippen molar-refractivity contribution >= 4 is 40.8 Å². The number of rotatable bonds is 4. The number of non-ortho nitro benzene ring substituents is 1. The van der Waals surface area contributed by atoms with E-state index in [1.807, 2.05) is 0 Å². The first-order chi connectivity index (χ1) is 12.4. The second-order valence-electron chi connectivity index (χ2n) is 5.42. The molecule has 0 fully saturated rings. The summed E-state index contributed by atoms with van der Waals surface area (Å²) in [5.74, 6) is 0. The van der Waals surface area contributed by atoms with E-state index < -0.39 is 4.92 Å². The molecule has 26 heavy (non-hydrogen) atoms. The minimum atomic E-state index is -0.541. The van der Waals surface area contributed by atoms with Crippen LogP contribution < -0.4 is 5.56 Å². The molecule has 0 unspecified atom stereocenters.